The minimum absolute atomic E-state index is 0.0704. The van der Waals surface area contributed by atoms with Gasteiger partial charge in [-0.1, -0.05) is 24.3 Å². The number of benzene rings is 2. The molecule has 0 unspecified atom stereocenters. The Bertz CT molecular complexity index is 1040. The maximum atomic E-state index is 10.7. The molecule has 1 aliphatic heterocycles. The molecule has 1 N–H and O–H groups in total. The van der Waals surface area contributed by atoms with Gasteiger partial charge in [-0.3, -0.25) is 15.1 Å². The van der Waals surface area contributed by atoms with Gasteiger partial charge in [0.1, 0.15) is 5.84 Å². The molecule has 3 aromatic rings. The Labute approximate surface area is 149 Å². The number of pyridine rings is 1. The number of nitrogens with zero attached hydrogens (tertiary/aromatic N) is 3. The van der Waals surface area contributed by atoms with Crippen LogP contribution in [0.5, 0.6) is 0 Å². The van der Waals surface area contributed by atoms with Crippen molar-refractivity contribution >= 4 is 29.0 Å². The van der Waals surface area contributed by atoms with E-state index in [-0.39, 0.29) is 5.69 Å². The van der Waals surface area contributed by atoms with Crippen LogP contribution in [0.25, 0.3) is 17.3 Å². The monoisotopic (exact) mass is 342 g/mol. The molecule has 0 fully saturated rings. The molecule has 0 aliphatic carbocycles. The van der Waals surface area contributed by atoms with E-state index >= 15 is 0 Å². The van der Waals surface area contributed by atoms with E-state index in [1.807, 2.05) is 48.6 Å². The third-order valence-electron chi connectivity index (χ3n) is 4.01. The molecule has 0 radical (unpaired) electrons. The van der Waals surface area contributed by atoms with Crippen molar-refractivity contribution in [2.24, 2.45) is 4.99 Å². The van der Waals surface area contributed by atoms with Crippen LogP contribution >= 0.6 is 0 Å². The van der Waals surface area contributed by atoms with Crippen LogP contribution in [0.4, 0.5) is 17.1 Å². The summed E-state index contributed by atoms with van der Waals surface area (Å²) in [5, 5.41) is 14.0. The molecular weight excluding hydrogens is 328 g/mol. The van der Waals surface area contributed by atoms with Gasteiger partial charge in [0.2, 0.25) is 0 Å². The number of nitro benzene ring substituents is 1. The molecule has 26 heavy (non-hydrogen) atoms. The normalized spacial score (nSPS) is 12.5. The van der Waals surface area contributed by atoms with Gasteiger partial charge in [0.05, 0.1) is 22.0 Å². The summed E-state index contributed by atoms with van der Waals surface area (Å²) < 4.78 is 0. The van der Waals surface area contributed by atoms with Gasteiger partial charge in [0, 0.05) is 23.9 Å². The van der Waals surface area contributed by atoms with Crippen LogP contribution in [0.2, 0.25) is 0 Å². The number of amidine groups is 1. The van der Waals surface area contributed by atoms with Gasteiger partial charge in [0.25, 0.3) is 5.69 Å². The number of aliphatic imine (C=N–C) groups is 1. The van der Waals surface area contributed by atoms with Crippen LogP contribution in [0.1, 0.15) is 5.56 Å². The van der Waals surface area contributed by atoms with E-state index in [1.54, 1.807) is 18.3 Å². The lowest BCUT2D eigenvalue weighted by Gasteiger charge is -2.07. The minimum Gasteiger partial charge on any atom is -0.338 e. The Morgan fingerprint density at radius 2 is 1.77 bits per heavy atom. The number of rotatable bonds is 3. The Hall–Kier alpha value is -3.80. The van der Waals surface area contributed by atoms with E-state index in [0.29, 0.717) is 5.84 Å². The van der Waals surface area contributed by atoms with Gasteiger partial charge in [-0.2, -0.15) is 0 Å². The zero-order chi connectivity index (χ0) is 17.9. The van der Waals surface area contributed by atoms with Crippen molar-refractivity contribution in [1.82, 2.24) is 4.98 Å². The topological polar surface area (TPSA) is 80.4 Å². The van der Waals surface area contributed by atoms with Crippen LogP contribution in [0.15, 0.2) is 77.9 Å². The smallest absolute Gasteiger partial charge is 0.269 e. The highest BCUT2D eigenvalue weighted by Crippen LogP contribution is 2.35. The van der Waals surface area contributed by atoms with Gasteiger partial charge >= 0.3 is 0 Å². The molecule has 2 aromatic carbocycles. The molecule has 6 heteroatoms. The maximum Gasteiger partial charge on any atom is 0.269 e. The zero-order valence-electron chi connectivity index (χ0n) is 13.7. The number of nitro groups is 1. The number of para-hydroxylation sites is 1. The molecule has 0 saturated carbocycles. The molecule has 1 aromatic heterocycles. The van der Waals surface area contributed by atoms with Crippen LogP contribution in [-0.4, -0.2) is 15.7 Å². The predicted molar refractivity (Wildman–Crippen MR) is 103 cm³/mol. The van der Waals surface area contributed by atoms with E-state index in [9.17, 15) is 10.1 Å². The summed E-state index contributed by atoms with van der Waals surface area (Å²) in [7, 11) is 0. The quantitative estimate of drug-likeness (QED) is 0.546. The summed E-state index contributed by atoms with van der Waals surface area (Å²) in [6.07, 6.45) is 5.47. The first-order valence-electron chi connectivity index (χ1n) is 8.03. The first-order chi connectivity index (χ1) is 12.7. The second kappa shape index (κ2) is 6.60. The van der Waals surface area contributed by atoms with E-state index in [4.69, 9.17) is 0 Å². The standard InChI is InChI=1S/C20H14N4O2/c25-24(26)15-10-7-14(8-11-15)9-12-19-22-17-5-2-1-4-16(17)20-18(23-19)6-3-13-21-20/h1-13H,(H,22,23)/b12-9+. The Morgan fingerprint density at radius 3 is 2.58 bits per heavy atom. The van der Waals surface area contributed by atoms with Crippen molar-refractivity contribution in [1.29, 1.82) is 0 Å². The molecule has 126 valence electrons. The average molecular weight is 342 g/mol. The number of nitrogens with one attached hydrogen (secondary N) is 1. The molecule has 1 aliphatic rings. The van der Waals surface area contributed by atoms with Crippen molar-refractivity contribution in [3.8, 4) is 11.3 Å². The number of hydrogen-bond acceptors (Lipinski definition) is 5. The third-order valence-corrected chi connectivity index (χ3v) is 4.01. The first kappa shape index (κ1) is 15.7. The summed E-state index contributed by atoms with van der Waals surface area (Å²) in [5.74, 6) is 0.669. The SMILES string of the molecule is O=[N+]([O-])c1ccc(/C=C/C2=Nc3ccccc3-c3ncccc3N2)cc1. The highest BCUT2D eigenvalue weighted by Gasteiger charge is 2.15. The minimum atomic E-state index is -0.411. The number of anilines is 1. The van der Waals surface area contributed by atoms with Gasteiger partial charge < -0.3 is 5.32 Å². The van der Waals surface area contributed by atoms with Crippen molar-refractivity contribution in [3.63, 3.8) is 0 Å². The Balaban J connectivity index is 1.69. The van der Waals surface area contributed by atoms with Crippen LogP contribution in [-0.2, 0) is 0 Å². The fourth-order valence-corrected chi connectivity index (χ4v) is 2.75. The van der Waals surface area contributed by atoms with Gasteiger partial charge in [0.15, 0.2) is 0 Å². The summed E-state index contributed by atoms with van der Waals surface area (Å²) in [4.78, 5) is 19.5. The van der Waals surface area contributed by atoms with Gasteiger partial charge in [-0.15, -0.1) is 0 Å². The van der Waals surface area contributed by atoms with Crippen LogP contribution < -0.4 is 5.32 Å². The largest absolute Gasteiger partial charge is 0.338 e. The second-order valence-corrected chi connectivity index (χ2v) is 5.72. The Kier molecular flexibility index (Phi) is 3.99. The van der Waals surface area contributed by atoms with Crippen LogP contribution in [0, 0.1) is 10.1 Å². The summed E-state index contributed by atoms with van der Waals surface area (Å²) in [5.41, 5.74) is 4.45. The lowest BCUT2D eigenvalue weighted by atomic mass is 10.1. The van der Waals surface area contributed by atoms with Crippen molar-refractivity contribution in [3.05, 3.63) is 88.6 Å². The van der Waals surface area contributed by atoms with Crippen molar-refractivity contribution in [2.45, 2.75) is 0 Å². The molecule has 2 heterocycles. The fourth-order valence-electron chi connectivity index (χ4n) is 2.75. The highest BCUT2D eigenvalue weighted by atomic mass is 16.6. The molecular formula is C20H14N4O2. The Morgan fingerprint density at radius 1 is 0.962 bits per heavy atom. The van der Waals surface area contributed by atoms with Gasteiger partial charge in [-0.25, -0.2) is 4.99 Å². The third kappa shape index (κ3) is 3.08. The lowest BCUT2D eigenvalue weighted by molar-refractivity contribution is -0.384. The summed E-state index contributed by atoms with van der Waals surface area (Å²) >= 11 is 0. The van der Waals surface area contributed by atoms with Gasteiger partial charge in [-0.05, 0) is 42.0 Å². The maximum absolute atomic E-state index is 10.7. The summed E-state index contributed by atoms with van der Waals surface area (Å²) in [6.45, 7) is 0. The highest BCUT2D eigenvalue weighted by molar-refractivity contribution is 6.11. The number of hydrogen-bond donors (Lipinski definition) is 1. The predicted octanol–water partition coefficient (Wildman–Crippen LogP) is 4.83. The molecule has 0 spiro atoms. The fraction of sp³-hybridized carbons (Fsp3) is 0. The second-order valence-electron chi connectivity index (χ2n) is 5.72. The van der Waals surface area contributed by atoms with E-state index in [0.717, 1.165) is 28.2 Å². The molecule has 0 bridgehead atoms. The number of fused-ring (bicyclic) bond motifs is 3. The molecule has 0 amide bonds. The number of aromatic nitrogens is 1. The molecule has 4 rings (SSSR count). The van der Waals surface area contributed by atoms with E-state index in [1.165, 1.54) is 12.1 Å². The zero-order valence-corrected chi connectivity index (χ0v) is 13.7. The lowest BCUT2D eigenvalue weighted by Crippen LogP contribution is -2.08. The number of non-ortho nitro benzene ring substituents is 1. The van der Waals surface area contributed by atoms with Crippen molar-refractivity contribution < 1.29 is 4.92 Å². The van der Waals surface area contributed by atoms with Crippen LogP contribution in [0.3, 0.4) is 0 Å². The van der Waals surface area contributed by atoms with E-state index in [2.05, 4.69) is 15.3 Å². The summed E-state index contributed by atoms with van der Waals surface area (Å²) in [6, 6.07) is 18.0. The first-order valence-corrected chi connectivity index (χ1v) is 8.03. The molecule has 0 saturated heterocycles. The average Bonchev–Trinajstić information content (AvgIpc) is 2.83. The van der Waals surface area contributed by atoms with E-state index < -0.39 is 4.92 Å². The van der Waals surface area contributed by atoms with Crippen molar-refractivity contribution in [2.75, 3.05) is 5.32 Å². The molecule has 6 nitrogen and oxygen atoms in total. The molecule has 0 atom stereocenters.